The maximum absolute atomic E-state index is 12.1. The van der Waals surface area contributed by atoms with Crippen LogP contribution in [0.3, 0.4) is 0 Å². The van der Waals surface area contributed by atoms with E-state index in [0.29, 0.717) is 0 Å². The van der Waals surface area contributed by atoms with E-state index in [-0.39, 0.29) is 21.6 Å². The summed E-state index contributed by atoms with van der Waals surface area (Å²) in [5.41, 5.74) is 0. The van der Waals surface area contributed by atoms with Crippen LogP contribution in [0.4, 0.5) is 0 Å². The van der Waals surface area contributed by atoms with E-state index in [1.165, 1.54) is 23.2 Å². The van der Waals surface area contributed by atoms with Crippen LogP contribution in [-0.2, 0) is 10.0 Å². The van der Waals surface area contributed by atoms with Crippen molar-refractivity contribution in [1.29, 1.82) is 0 Å². The van der Waals surface area contributed by atoms with Crippen molar-refractivity contribution >= 4 is 39.1 Å². The Bertz CT molecular complexity index is 535. The number of aliphatic hydroxyl groups excluding tert-OH is 1. The number of carboxylic acid groups (broad SMARTS) is 1. The van der Waals surface area contributed by atoms with Crippen LogP contribution in [0.2, 0.25) is 0 Å². The van der Waals surface area contributed by atoms with Crippen molar-refractivity contribution in [2.45, 2.75) is 23.1 Å². The summed E-state index contributed by atoms with van der Waals surface area (Å²) in [4.78, 5) is 10.5. The zero-order valence-corrected chi connectivity index (χ0v) is 12.8. The molecule has 19 heavy (non-hydrogen) atoms. The molecule has 0 saturated carbocycles. The minimum Gasteiger partial charge on any atom is -0.477 e. The molecular weight excluding hydrogens is 310 g/mol. The summed E-state index contributed by atoms with van der Waals surface area (Å²) in [6, 6.07) is 0.752. The maximum Gasteiger partial charge on any atom is 0.347 e. The third-order valence-electron chi connectivity index (χ3n) is 2.49. The molecule has 0 amide bonds. The van der Waals surface area contributed by atoms with Crippen LogP contribution < -0.4 is 4.72 Å². The highest BCUT2D eigenvalue weighted by Crippen LogP contribution is 2.23. The molecule has 0 aliphatic carbocycles. The molecule has 1 heterocycles. The van der Waals surface area contributed by atoms with Crippen molar-refractivity contribution in [3.05, 3.63) is 16.3 Å². The number of aliphatic hydroxyl groups is 1. The van der Waals surface area contributed by atoms with E-state index in [2.05, 4.69) is 4.72 Å². The van der Waals surface area contributed by atoms with Gasteiger partial charge in [-0.2, -0.15) is 11.8 Å². The summed E-state index contributed by atoms with van der Waals surface area (Å²) in [6.45, 7) is 1.46. The highest BCUT2D eigenvalue weighted by atomic mass is 32.2. The second-order valence-corrected chi connectivity index (χ2v) is 7.46. The summed E-state index contributed by atoms with van der Waals surface area (Å²) in [7, 11) is -3.90. The van der Waals surface area contributed by atoms with Gasteiger partial charge < -0.3 is 10.2 Å². The van der Waals surface area contributed by atoms with E-state index >= 15 is 0 Å². The van der Waals surface area contributed by atoms with Crippen molar-refractivity contribution in [3.8, 4) is 0 Å². The average molecular weight is 325 g/mol. The highest BCUT2D eigenvalue weighted by Gasteiger charge is 2.27. The molecule has 1 aromatic heterocycles. The van der Waals surface area contributed by atoms with Gasteiger partial charge in [-0.3, -0.25) is 0 Å². The molecule has 9 heteroatoms. The summed E-state index contributed by atoms with van der Waals surface area (Å²) < 4.78 is 26.6. The molecule has 1 aromatic rings. The lowest BCUT2D eigenvalue weighted by Gasteiger charge is -2.21. The number of sulfonamides is 1. The molecular formula is C10H15NO5S3. The minimum absolute atomic E-state index is 0.166. The second-order valence-electron chi connectivity index (χ2n) is 3.79. The van der Waals surface area contributed by atoms with Gasteiger partial charge in [-0.05, 0) is 24.6 Å². The SMILES string of the molecule is CSC(CO)C(C)NS(=O)(=O)c1ccsc1C(=O)O. The van der Waals surface area contributed by atoms with Gasteiger partial charge in [0.2, 0.25) is 10.0 Å². The van der Waals surface area contributed by atoms with Crippen LogP contribution in [-0.4, -0.2) is 48.8 Å². The fourth-order valence-electron chi connectivity index (χ4n) is 1.49. The zero-order valence-electron chi connectivity index (χ0n) is 10.4. The minimum atomic E-state index is -3.90. The quantitative estimate of drug-likeness (QED) is 0.686. The number of carboxylic acids is 1. The molecule has 0 spiro atoms. The van der Waals surface area contributed by atoms with Crippen molar-refractivity contribution in [2.75, 3.05) is 12.9 Å². The predicted molar refractivity (Wildman–Crippen MR) is 75.5 cm³/mol. The van der Waals surface area contributed by atoms with Crippen molar-refractivity contribution in [2.24, 2.45) is 0 Å². The molecule has 2 unspecified atom stereocenters. The molecule has 0 saturated heterocycles. The van der Waals surface area contributed by atoms with E-state index < -0.39 is 22.0 Å². The molecule has 108 valence electrons. The monoisotopic (exact) mass is 325 g/mol. The summed E-state index contributed by atoms with van der Waals surface area (Å²) in [6.07, 6.45) is 1.76. The zero-order chi connectivity index (χ0) is 14.6. The van der Waals surface area contributed by atoms with Crippen LogP contribution in [0.15, 0.2) is 16.3 Å². The molecule has 3 N–H and O–H groups in total. The number of aromatic carboxylic acids is 1. The van der Waals surface area contributed by atoms with Crippen molar-refractivity contribution < 1.29 is 23.4 Å². The lowest BCUT2D eigenvalue weighted by atomic mass is 10.3. The second kappa shape index (κ2) is 6.71. The van der Waals surface area contributed by atoms with Crippen molar-refractivity contribution in [1.82, 2.24) is 4.72 Å². The van der Waals surface area contributed by atoms with Gasteiger partial charge >= 0.3 is 5.97 Å². The summed E-state index contributed by atoms with van der Waals surface area (Å²) in [5, 5.41) is 19.2. The number of thioether (sulfide) groups is 1. The normalized spacial score (nSPS) is 15.1. The van der Waals surface area contributed by atoms with Crippen LogP contribution in [0.1, 0.15) is 16.6 Å². The molecule has 1 rings (SSSR count). The first kappa shape index (κ1) is 16.4. The van der Waals surface area contributed by atoms with E-state index in [1.807, 2.05) is 0 Å². The van der Waals surface area contributed by atoms with Gasteiger partial charge in [-0.15, -0.1) is 11.3 Å². The number of carbonyl (C=O) groups is 1. The molecule has 0 aromatic carbocycles. The first-order valence-electron chi connectivity index (χ1n) is 5.30. The Balaban J connectivity index is 2.99. The van der Waals surface area contributed by atoms with E-state index in [9.17, 15) is 13.2 Å². The van der Waals surface area contributed by atoms with E-state index in [1.54, 1.807) is 13.2 Å². The van der Waals surface area contributed by atoms with Gasteiger partial charge in [-0.1, -0.05) is 0 Å². The Hall–Kier alpha value is -0.610. The first-order chi connectivity index (χ1) is 8.83. The fourth-order valence-corrected chi connectivity index (χ4v) is 4.74. The molecule has 0 radical (unpaired) electrons. The van der Waals surface area contributed by atoms with Gasteiger partial charge in [-0.25, -0.2) is 17.9 Å². The lowest BCUT2D eigenvalue weighted by Crippen LogP contribution is -2.41. The van der Waals surface area contributed by atoms with Crippen LogP contribution in [0.5, 0.6) is 0 Å². The highest BCUT2D eigenvalue weighted by molar-refractivity contribution is 7.99. The number of nitrogens with one attached hydrogen (secondary N) is 1. The van der Waals surface area contributed by atoms with Crippen LogP contribution in [0, 0.1) is 0 Å². The maximum atomic E-state index is 12.1. The Labute approximate surface area is 119 Å². The van der Waals surface area contributed by atoms with Crippen LogP contribution in [0.25, 0.3) is 0 Å². The third-order valence-corrected chi connectivity index (χ3v) is 6.29. The van der Waals surface area contributed by atoms with Gasteiger partial charge in [0.25, 0.3) is 0 Å². The number of rotatable bonds is 7. The molecule has 2 atom stereocenters. The van der Waals surface area contributed by atoms with Crippen molar-refractivity contribution in [3.63, 3.8) is 0 Å². The third kappa shape index (κ3) is 3.93. The number of hydrogen-bond donors (Lipinski definition) is 3. The Morgan fingerprint density at radius 3 is 2.68 bits per heavy atom. The Kier molecular flexibility index (Phi) is 5.81. The fraction of sp³-hybridized carbons (Fsp3) is 0.500. The summed E-state index contributed by atoms with van der Waals surface area (Å²) in [5.74, 6) is -1.27. The van der Waals surface area contributed by atoms with Crippen LogP contribution >= 0.6 is 23.1 Å². The van der Waals surface area contributed by atoms with E-state index in [4.69, 9.17) is 10.2 Å². The standard InChI is InChI=1S/C10H15NO5S3/c1-6(7(5-12)17-2)11-19(15,16)8-3-4-18-9(8)10(13)14/h3-4,6-7,11-12H,5H2,1-2H3,(H,13,14). The lowest BCUT2D eigenvalue weighted by molar-refractivity contribution is 0.0698. The first-order valence-corrected chi connectivity index (χ1v) is 8.95. The molecule has 0 aliphatic rings. The average Bonchev–Trinajstić information content (AvgIpc) is 2.79. The molecule has 0 aliphatic heterocycles. The summed E-state index contributed by atoms with van der Waals surface area (Å²) >= 11 is 2.19. The largest absolute Gasteiger partial charge is 0.477 e. The smallest absolute Gasteiger partial charge is 0.347 e. The number of thiophene rings is 1. The van der Waals surface area contributed by atoms with Gasteiger partial charge in [0.15, 0.2) is 0 Å². The Morgan fingerprint density at radius 2 is 2.21 bits per heavy atom. The van der Waals surface area contributed by atoms with Gasteiger partial charge in [0.1, 0.15) is 9.77 Å². The molecule has 6 nitrogen and oxygen atoms in total. The molecule has 0 fully saturated rings. The van der Waals surface area contributed by atoms with E-state index in [0.717, 1.165) is 11.3 Å². The number of hydrogen-bond acceptors (Lipinski definition) is 6. The predicted octanol–water partition coefficient (Wildman–Crippen LogP) is 0.837. The Morgan fingerprint density at radius 1 is 1.58 bits per heavy atom. The topological polar surface area (TPSA) is 104 Å². The van der Waals surface area contributed by atoms with Gasteiger partial charge in [0, 0.05) is 11.3 Å². The molecule has 0 bridgehead atoms. The van der Waals surface area contributed by atoms with Gasteiger partial charge in [0.05, 0.1) is 6.61 Å².